The number of rotatable bonds is 5. The van der Waals surface area contributed by atoms with Gasteiger partial charge >= 0.3 is 0 Å². The third-order valence-corrected chi connectivity index (χ3v) is 5.50. The minimum Gasteiger partial charge on any atom is -0.307 e. The Hall–Kier alpha value is -0.470. The van der Waals surface area contributed by atoms with Crippen LogP contribution in [0.3, 0.4) is 0 Å². The van der Waals surface area contributed by atoms with E-state index in [-0.39, 0.29) is 0 Å². The van der Waals surface area contributed by atoms with Crippen LogP contribution in [0, 0.1) is 11.8 Å². The summed E-state index contributed by atoms with van der Waals surface area (Å²) in [4.78, 5) is 1.35. The van der Waals surface area contributed by atoms with Crippen molar-refractivity contribution in [2.75, 3.05) is 6.26 Å². The molecule has 0 amide bonds. The molecule has 1 fully saturated rings. The van der Waals surface area contributed by atoms with Gasteiger partial charge in [0, 0.05) is 17.0 Å². The van der Waals surface area contributed by atoms with Crippen molar-refractivity contribution in [1.29, 1.82) is 0 Å². The number of thioether (sulfide) groups is 1. The second-order valence-corrected chi connectivity index (χ2v) is 7.34. The van der Waals surface area contributed by atoms with Gasteiger partial charge in [0.25, 0.3) is 0 Å². The highest BCUT2D eigenvalue weighted by Crippen LogP contribution is 2.32. The molecule has 2 heteroatoms. The smallest absolute Gasteiger partial charge is 0.0294 e. The maximum Gasteiger partial charge on any atom is 0.0294 e. The van der Waals surface area contributed by atoms with Crippen molar-refractivity contribution in [3.8, 4) is 0 Å². The summed E-state index contributed by atoms with van der Waals surface area (Å²) in [6, 6.07) is 10.2. The van der Waals surface area contributed by atoms with Crippen LogP contribution in [-0.2, 0) is 0 Å². The second kappa shape index (κ2) is 7.51. The minimum atomic E-state index is 0.454. The van der Waals surface area contributed by atoms with E-state index in [2.05, 4.69) is 56.6 Å². The molecule has 0 saturated heterocycles. The van der Waals surface area contributed by atoms with Gasteiger partial charge in [0.1, 0.15) is 0 Å². The highest BCUT2D eigenvalue weighted by Gasteiger charge is 2.28. The van der Waals surface area contributed by atoms with E-state index < -0.39 is 0 Å². The van der Waals surface area contributed by atoms with Crippen LogP contribution in [0.15, 0.2) is 29.2 Å². The first-order valence-electron chi connectivity index (χ1n) is 8.01. The largest absolute Gasteiger partial charge is 0.307 e. The van der Waals surface area contributed by atoms with Crippen LogP contribution >= 0.6 is 11.8 Å². The fourth-order valence-electron chi connectivity index (χ4n) is 3.47. The van der Waals surface area contributed by atoms with Crippen LogP contribution < -0.4 is 5.32 Å². The Labute approximate surface area is 128 Å². The Morgan fingerprint density at radius 2 is 1.70 bits per heavy atom. The van der Waals surface area contributed by atoms with Gasteiger partial charge in [0.15, 0.2) is 0 Å². The number of hydrogen-bond acceptors (Lipinski definition) is 2. The van der Waals surface area contributed by atoms with Crippen LogP contribution in [0.1, 0.15) is 58.1 Å². The van der Waals surface area contributed by atoms with Crippen LogP contribution in [0.5, 0.6) is 0 Å². The standard InChI is InChI=1S/C18H29NS/c1-13(2)17-7-5-6-8-18(17)19-14(3)15-9-11-16(20-4)12-10-15/h9-14,17-19H,5-8H2,1-4H3. The Balaban J connectivity index is 1.99. The lowest BCUT2D eigenvalue weighted by Crippen LogP contribution is -2.42. The number of nitrogens with one attached hydrogen (secondary N) is 1. The monoisotopic (exact) mass is 291 g/mol. The molecule has 20 heavy (non-hydrogen) atoms. The van der Waals surface area contributed by atoms with E-state index in [9.17, 15) is 0 Å². The number of hydrogen-bond donors (Lipinski definition) is 1. The van der Waals surface area contributed by atoms with Gasteiger partial charge < -0.3 is 5.32 Å². The van der Waals surface area contributed by atoms with Crippen LogP contribution in [0.25, 0.3) is 0 Å². The lowest BCUT2D eigenvalue weighted by atomic mass is 9.77. The van der Waals surface area contributed by atoms with Crippen molar-refractivity contribution >= 4 is 11.8 Å². The highest BCUT2D eigenvalue weighted by atomic mass is 32.2. The number of benzene rings is 1. The molecule has 0 heterocycles. The van der Waals surface area contributed by atoms with E-state index in [0.717, 1.165) is 11.8 Å². The summed E-state index contributed by atoms with van der Waals surface area (Å²) in [5.41, 5.74) is 1.41. The molecule has 1 aromatic rings. The molecule has 3 atom stereocenters. The Morgan fingerprint density at radius 3 is 2.30 bits per heavy atom. The minimum absolute atomic E-state index is 0.454. The quantitative estimate of drug-likeness (QED) is 0.741. The van der Waals surface area contributed by atoms with Crippen molar-refractivity contribution in [2.24, 2.45) is 11.8 Å². The molecule has 0 spiro atoms. The third kappa shape index (κ3) is 4.02. The molecule has 1 nitrogen and oxygen atoms in total. The topological polar surface area (TPSA) is 12.0 Å². The normalized spacial score (nSPS) is 24.9. The summed E-state index contributed by atoms with van der Waals surface area (Å²) in [6.45, 7) is 7.06. The van der Waals surface area contributed by atoms with E-state index in [4.69, 9.17) is 0 Å². The molecule has 1 aliphatic carbocycles. The molecule has 1 saturated carbocycles. The zero-order valence-corrected chi connectivity index (χ0v) is 14.2. The molecular weight excluding hydrogens is 262 g/mol. The van der Waals surface area contributed by atoms with E-state index in [1.165, 1.54) is 36.1 Å². The van der Waals surface area contributed by atoms with Gasteiger partial charge in [0.2, 0.25) is 0 Å². The van der Waals surface area contributed by atoms with E-state index in [1.807, 2.05) is 11.8 Å². The van der Waals surface area contributed by atoms with Gasteiger partial charge in [-0.1, -0.05) is 38.8 Å². The first-order valence-corrected chi connectivity index (χ1v) is 9.24. The molecule has 2 rings (SSSR count). The lowest BCUT2D eigenvalue weighted by molar-refractivity contribution is 0.195. The molecule has 1 aliphatic rings. The predicted octanol–water partition coefficient (Wildman–Crippen LogP) is 5.27. The molecule has 0 aliphatic heterocycles. The van der Waals surface area contributed by atoms with Crippen molar-refractivity contribution in [1.82, 2.24) is 5.32 Å². The van der Waals surface area contributed by atoms with Gasteiger partial charge in [-0.25, -0.2) is 0 Å². The van der Waals surface area contributed by atoms with E-state index >= 15 is 0 Å². The third-order valence-electron chi connectivity index (χ3n) is 4.76. The molecule has 3 unspecified atom stereocenters. The predicted molar refractivity (Wildman–Crippen MR) is 90.4 cm³/mol. The fraction of sp³-hybridized carbons (Fsp3) is 0.667. The second-order valence-electron chi connectivity index (χ2n) is 6.46. The van der Waals surface area contributed by atoms with Crippen LogP contribution in [-0.4, -0.2) is 12.3 Å². The Kier molecular flexibility index (Phi) is 5.98. The molecule has 1 N–H and O–H groups in total. The average Bonchev–Trinajstić information content (AvgIpc) is 2.47. The maximum absolute atomic E-state index is 3.90. The molecule has 0 bridgehead atoms. The zero-order chi connectivity index (χ0) is 14.5. The van der Waals surface area contributed by atoms with Gasteiger partial charge in [-0.15, -0.1) is 11.8 Å². The van der Waals surface area contributed by atoms with Gasteiger partial charge in [-0.3, -0.25) is 0 Å². The zero-order valence-electron chi connectivity index (χ0n) is 13.4. The molecule has 112 valence electrons. The van der Waals surface area contributed by atoms with Crippen molar-refractivity contribution in [3.63, 3.8) is 0 Å². The van der Waals surface area contributed by atoms with Crippen molar-refractivity contribution < 1.29 is 0 Å². The molecule has 1 aromatic carbocycles. The first kappa shape index (κ1) is 15.9. The maximum atomic E-state index is 3.90. The van der Waals surface area contributed by atoms with Crippen LogP contribution in [0.2, 0.25) is 0 Å². The molecule has 0 aromatic heterocycles. The molecule has 0 radical (unpaired) electrons. The first-order chi connectivity index (χ1) is 9.61. The molecular formula is C18H29NS. The van der Waals surface area contributed by atoms with Gasteiger partial charge in [0.05, 0.1) is 0 Å². The summed E-state index contributed by atoms with van der Waals surface area (Å²) >= 11 is 1.81. The van der Waals surface area contributed by atoms with Gasteiger partial charge in [-0.05, 0) is 55.6 Å². The van der Waals surface area contributed by atoms with Crippen molar-refractivity contribution in [2.45, 2.75) is 63.4 Å². The summed E-state index contributed by atoms with van der Waals surface area (Å²) in [5, 5.41) is 3.90. The van der Waals surface area contributed by atoms with Crippen molar-refractivity contribution in [3.05, 3.63) is 29.8 Å². The lowest BCUT2D eigenvalue weighted by Gasteiger charge is -2.37. The Bertz CT molecular complexity index is 398. The summed E-state index contributed by atoms with van der Waals surface area (Å²) < 4.78 is 0. The van der Waals surface area contributed by atoms with E-state index in [1.54, 1.807) is 0 Å². The van der Waals surface area contributed by atoms with Gasteiger partial charge in [-0.2, -0.15) is 0 Å². The highest BCUT2D eigenvalue weighted by molar-refractivity contribution is 7.98. The van der Waals surface area contributed by atoms with Crippen LogP contribution in [0.4, 0.5) is 0 Å². The Morgan fingerprint density at radius 1 is 1.05 bits per heavy atom. The SMILES string of the molecule is CSc1ccc(C(C)NC2CCCCC2C(C)C)cc1. The summed E-state index contributed by atoms with van der Waals surface area (Å²) in [6.07, 6.45) is 7.67. The summed E-state index contributed by atoms with van der Waals surface area (Å²) in [7, 11) is 0. The average molecular weight is 292 g/mol. The summed E-state index contributed by atoms with van der Waals surface area (Å²) in [5.74, 6) is 1.63. The van der Waals surface area contributed by atoms with E-state index in [0.29, 0.717) is 12.1 Å². The fourth-order valence-corrected chi connectivity index (χ4v) is 3.88.